The molecule has 0 amide bonds. The predicted octanol–water partition coefficient (Wildman–Crippen LogP) is 1.72. The number of carboxylic acids is 1. The molecule has 0 spiro atoms. The molecule has 5 heteroatoms. The molecule has 118 valence electrons. The second-order valence-corrected chi connectivity index (χ2v) is 5.80. The molecular weight excluding hydrogens is 256 g/mol. The normalized spacial score (nSPS) is 27.2. The van der Waals surface area contributed by atoms with Gasteiger partial charge in [-0.25, -0.2) is 0 Å². The molecule has 20 heavy (non-hydrogen) atoms. The van der Waals surface area contributed by atoms with Gasteiger partial charge in [0.1, 0.15) is 5.54 Å². The van der Waals surface area contributed by atoms with Crippen LogP contribution in [0.3, 0.4) is 0 Å². The number of morpholine rings is 1. The van der Waals surface area contributed by atoms with Gasteiger partial charge in [0.05, 0.1) is 12.7 Å². The molecule has 0 aromatic rings. The lowest BCUT2D eigenvalue weighted by Crippen LogP contribution is -2.51. The van der Waals surface area contributed by atoms with Crippen molar-refractivity contribution in [2.45, 2.75) is 64.1 Å². The van der Waals surface area contributed by atoms with Crippen LogP contribution in [0.25, 0.3) is 0 Å². The van der Waals surface area contributed by atoms with Crippen molar-refractivity contribution in [1.82, 2.24) is 10.2 Å². The molecular formula is C15H30N2O3. The largest absolute Gasteiger partial charge is 0.480 e. The Kier molecular flexibility index (Phi) is 6.92. The number of rotatable bonds is 8. The summed E-state index contributed by atoms with van der Waals surface area (Å²) in [4.78, 5) is 13.9. The number of carboxylic acid groups (broad SMARTS) is 1. The Labute approximate surface area is 122 Å². The van der Waals surface area contributed by atoms with Gasteiger partial charge >= 0.3 is 5.97 Å². The van der Waals surface area contributed by atoms with Crippen molar-refractivity contribution in [2.75, 3.05) is 26.7 Å². The molecule has 0 radical (unpaired) electrons. The van der Waals surface area contributed by atoms with Gasteiger partial charge in [-0.15, -0.1) is 0 Å². The van der Waals surface area contributed by atoms with Crippen LogP contribution in [0.5, 0.6) is 0 Å². The van der Waals surface area contributed by atoms with Crippen molar-refractivity contribution in [2.24, 2.45) is 0 Å². The van der Waals surface area contributed by atoms with Crippen LogP contribution in [-0.2, 0) is 9.53 Å². The van der Waals surface area contributed by atoms with Crippen molar-refractivity contribution in [1.29, 1.82) is 0 Å². The Balaban J connectivity index is 2.50. The fourth-order valence-corrected chi connectivity index (χ4v) is 2.99. The van der Waals surface area contributed by atoms with Crippen molar-refractivity contribution in [3.05, 3.63) is 0 Å². The number of ether oxygens (including phenoxy) is 1. The number of nitrogens with one attached hydrogen (secondary N) is 1. The number of hydrogen-bond donors (Lipinski definition) is 2. The first-order valence-electron chi connectivity index (χ1n) is 7.77. The van der Waals surface area contributed by atoms with Gasteiger partial charge in [0.2, 0.25) is 0 Å². The molecule has 3 atom stereocenters. The minimum atomic E-state index is -0.778. The van der Waals surface area contributed by atoms with Crippen molar-refractivity contribution < 1.29 is 14.6 Å². The van der Waals surface area contributed by atoms with Crippen LogP contribution in [0.2, 0.25) is 0 Å². The van der Waals surface area contributed by atoms with E-state index in [9.17, 15) is 9.90 Å². The third-order valence-corrected chi connectivity index (χ3v) is 4.59. The van der Waals surface area contributed by atoms with Crippen LogP contribution in [0.1, 0.15) is 46.5 Å². The van der Waals surface area contributed by atoms with Gasteiger partial charge in [-0.05, 0) is 46.2 Å². The Hall–Kier alpha value is -0.650. The minimum absolute atomic E-state index is 0.275. The standard InChI is InChI=1S/C15H30N2O3/c1-5-13-11-20-12(3)10-17(13)9-7-8-15(6-2,16-4)14(18)19/h12-13,16H,5-11H2,1-4H3,(H,18,19). The average Bonchev–Trinajstić information content (AvgIpc) is 2.44. The smallest absolute Gasteiger partial charge is 0.323 e. The highest BCUT2D eigenvalue weighted by molar-refractivity contribution is 5.78. The first-order valence-corrected chi connectivity index (χ1v) is 7.77. The minimum Gasteiger partial charge on any atom is -0.480 e. The molecule has 1 aliphatic heterocycles. The maximum Gasteiger partial charge on any atom is 0.323 e. The quantitative estimate of drug-likeness (QED) is 0.711. The zero-order valence-electron chi connectivity index (χ0n) is 13.3. The zero-order chi connectivity index (χ0) is 15.2. The monoisotopic (exact) mass is 286 g/mol. The highest BCUT2D eigenvalue weighted by atomic mass is 16.5. The van der Waals surface area contributed by atoms with Gasteiger partial charge in [-0.1, -0.05) is 13.8 Å². The summed E-state index contributed by atoms with van der Waals surface area (Å²) in [6, 6.07) is 0.474. The highest BCUT2D eigenvalue weighted by Gasteiger charge is 2.34. The number of likely N-dealkylation sites (N-methyl/N-ethyl adjacent to an activating group) is 1. The molecule has 0 saturated carbocycles. The molecule has 1 aliphatic rings. The van der Waals surface area contributed by atoms with Gasteiger partial charge in [-0.2, -0.15) is 0 Å². The van der Waals surface area contributed by atoms with Crippen molar-refractivity contribution in [3.63, 3.8) is 0 Å². The van der Waals surface area contributed by atoms with Crippen LogP contribution in [-0.4, -0.2) is 60.4 Å². The zero-order valence-corrected chi connectivity index (χ0v) is 13.3. The average molecular weight is 286 g/mol. The second kappa shape index (κ2) is 7.96. The molecule has 0 aromatic carbocycles. The fourth-order valence-electron chi connectivity index (χ4n) is 2.99. The first kappa shape index (κ1) is 17.4. The molecule has 0 bridgehead atoms. The molecule has 2 N–H and O–H groups in total. The molecule has 1 saturated heterocycles. The summed E-state index contributed by atoms with van der Waals surface area (Å²) in [7, 11) is 1.74. The van der Waals surface area contributed by atoms with Gasteiger partial charge in [0, 0.05) is 12.6 Å². The summed E-state index contributed by atoms with van der Waals surface area (Å²) in [5, 5.41) is 12.4. The number of nitrogens with zero attached hydrogens (tertiary/aromatic N) is 1. The first-order chi connectivity index (χ1) is 9.49. The summed E-state index contributed by atoms with van der Waals surface area (Å²) < 4.78 is 5.69. The Morgan fingerprint density at radius 3 is 2.70 bits per heavy atom. The predicted molar refractivity (Wildman–Crippen MR) is 80.0 cm³/mol. The van der Waals surface area contributed by atoms with E-state index < -0.39 is 11.5 Å². The van der Waals surface area contributed by atoms with E-state index in [2.05, 4.69) is 24.1 Å². The van der Waals surface area contributed by atoms with Crippen LogP contribution < -0.4 is 5.32 Å². The highest BCUT2D eigenvalue weighted by Crippen LogP contribution is 2.20. The Morgan fingerprint density at radius 1 is 1.50 bits per heavy atom. The Morgan fingerprint density at radius 2 is 2.20 bits per heavy atom. The van der Waals surface area contributed by atoms with Crippen LogP contribution in [0, 0.1) is 0 Å². The van der Waals surface area contributed by atoms with E-state index in [0.717, 1.165) is 32.5 Å². The van der Waals surface area contributed by atoms with E-state index in [4.69, 9.17) is 4.74 Å². The SMILES string of the molecule is CCC1COC(C)CN1CCCC(CC)(NC)C(=O)O. The summed E-state index contributed by atoms with van der Waals surface area (Å²) in [6.45, 7) is 8.89. The van der Waals surface area contributed by atoms with Crippen molar-refractivity contribution in [3.8, 4) is 0 Å². The summed E-state index contributed by atoms with van der Waals surface area (Å²) in [5.74, 6) is -0.745. The van der Waals surface area contributed by atoms with Crippen molar-refractivity contribution >= 4 is 5.97 Å². The maximum absolute atomic E-state index is 11.4. The molecule has 1 fully saturated rings. The molecule has 1 rings (SSSR count). The maximum atomic E-state index is 11.4. The molecule has 3 unspecified atom stereocenters. The molecule has 1 heterocycles. The van der Waals surface area contributed by atoms with Crippen LogP contribution in [0.4, 0.5) is 0 Å². The van der Waals surface area contributed by atoms with E-state index in [1.165, 1.54) is 0 Å². The lowest BCUT2D eigenvalue weighted by atomic mass is 9.90. The van der Waals surface area contributed by atoms with E-state index in [1.807, 2.05) is 6.92 Å². The van der Waals surface area contributed by atoms with E-state index in [-0.39, 0.29) is 6.10 Å². The summed E-state index contributed by atoms with van der Waals surface area (Å²) >= 11 is 0. The molecule has 0 aromatic heterocycles. The third kappa shape index (κ3) is 4.17. The lowest BCUT2D eigenvalue weighted by molar-refractivity contribution is -0.145. The molecule has 5 nitrogen and oxygen atoms in total. The van der Waals surface area contributed by atoms with Crippen LogP contribution >= 0.6 is 0 Å². The third-order valence-electron chi connectivity index (χ3n) is 4.59. The van der Waals surface area contributed by atoms with Gasteiger partial charge in [0.15, 0.2) is 0 Å². The van der Waals surface area contributed by atoms with Gasteiger partial charge in [-0.3, -0.25) is 9.69 Å². The number of aliphatic carboxylic acids is 1. The van der Waals surface area contributed by atoms with Gasteiger partial charge in [0.25, 0.3) is 0 Å². The van der Waals surface area contributed by atoms with E-state index in [1.54, 1.807) is 7.05 Å². The number of hydrogen-bond acceptors (Lipinski definition) is 4. The number of carbonyl (C=O) groups is 1. The van der Waals surface area contributed by atoms with E-state index >= 15 is 0 Å². The summed E-state index contributed by atoms with van der Waals surface area (Å²) in [6.07, 6.45) is 3.52. The molecule has 0 aliphatic carbocycles. The van der Waals surface area contributed by atoms with E-state index in [0.29, 0.717) is 18.9 Å². The fraction of sp³-hybridized carbons (Fsp3) is 0.933. The topological polar surface area (TPSA) is 61.8 Å². The van der Waals surface area contributed by atoms with Crippen LogP contribution in [0.15, 0.2) is 0 Å². The second-order valence-electron chi connectivity index (χ2n) is 5.80. The summed E-state index contributed by atoms with van der Waals surface area (Å²) in [5.41, 5.74) is -0.778. The van der Waals surface area contributed by atoms with Gasteiger partial charge < -0.3 is 15.2 Å². The lowest BCUT2D eigenvalue weighted by Gasteiger charge is -2.39. The Bertz CT molecular complexity index is 305.